The fourth-order valence-corrected chi connectivity index (χ4v) is 11.5. The average molecular weight is 1230 g/mol. The molecule has 9 heterocycles. The first-order valence-electron chi connectivity index (χ1n) is 32.5. The summed E-state index contributed by atoms with van der Waals surface area (Å²) in [5, 5.41) is 0. The third-order valence-corrected chi connectivity index (χ3v) is 19.7. The number of aromatic nitrogens is 9. The Morgan fingerprint density at radius 1 is 0.337 bits per heavy atom. The lowest BCUT2D eigenvalue weighted by Crippen LogP contribution is -2.01. The summed E-state index contributed by atoms with van der Waals surface area (Å²) in [5.74, 6) is 2.59. The van der Waals surface area contributed by atoms with E-state index in [9.17, 15) is 13.2 Å². The Kier molecular flexibility index (Phi) is 30.2. The van der Waals surface area contributed by atoms with E-state index in [1.165, 1.54) is 148 Å². The van der Waals surface area contributed by atoms with Crippen molar-refractivity contribution in [3.05, 3.63) is 210 Å². The zero-order valence-corrected chi connectivity index (χ0v) is 61.1. The van der Waals surface area contributed by atoms with Crippen molar-refractivity contribution >= 4 is 0 Å². The van der Waals surface area contributed by atoms with Gasteiger partial charge in [-0.1, -0.05) is 53.4 Å². The summed E-state index contributed by atoms with van der Waals surface area (Å²) in [6, 6.07) is 22.4. The van der Waals surface area contributed by atoms with Gasteiger partial charge in [-0.25, -0.2) is 8.78 Å². The van der Waals surface area contributed by atoms with E-state index in [0.29, 0.717) is 23.2 Å². The summed E-state index contributed by atoms with van der Waals surface area (Å²) in [5.41, 5.74) is 25.6. The van der Waals surface area contributed by atoms with Crippen LogP contribution in [0.3, 0.4) is 0 Å². The van der Waals surface area contributed by atoms with Crippen molar-refractivity contribution in [1.82, 2.24) is 41.1 Å². The minimum Gasteiger partial charge on any atom is -0.354 e. The van der Waals surface area contributed by atoms with Crippen LogP contribution < -0.4 is 0 Å². The maximum Gasteiger partial charge on any atom is 0.193 e. The van der Waals surface area contributed by atoms with Crippen LogP contribution in [0.25, 0.3) is 0 Å². The van der Waals surface area contributed by atoms with E-state index in [0.717, 1.165) is 28.8 Å². The Hall–Kier alpha value is -6.69. The van der Waals surface area contributed by atoms with Crippen LogP contribution in [-0.2, 0) is 63.4 Å². The number of halogens is 3. The normalized spacial score (nSPS) is 12.7. The van der Waals surface area contributed by atoms with Crippen molar-refractivity contribution in [3.8, 4) is 0 Å². The molecule has 0 unspecified atom stereocenters. The zero-order valence-electron chi connectivity index (χ0n) is 61.1. The molecule has 0 bridgehead atoms. The molecular formula is C77H120F3N9. The SMILES string of the molecule is Cc1c(F)ccn1C.Cc1cc(C(C)C)c(C)n1C.Cc1cc(C)n(C)c1C.Cc1cc(C2CCCC2)c(C)n1C.Cc1cc(F)c(C)n1C.Cc1cc(F)n(C)c1C.Cc1ccc(C(C)C)n1C.Cc1ccc(C2CCCC2)n1C.Cc1ccn(C)c1C. The molecule has 494 valence electrons. The number of nitrogens with zero attached hydrogens (tertiary/aromatic N) is 9. The van der Waals surface area contributed by atoms with Crippen LogP contribution in [-0.4, -0.2) is 41.1 Å². The lowest BCUT2D eigenvalue weighted by Gasteiger charge is -2.11. The smallest absolute Gasteiger partial charge is 0.193 e. The second-order valence-electron chi connectivity index (χ2n) is 26.2. The first kappa shape index (κ1) is 76.6. The van der Waals surface area contributed by atoms with E-state index in [1.807, 2.05) is 39.4 Å². The topological polar surface area (TPSA) is 44.4 Å². The molecule has 0 amide bonds. The van der Waals surface area contributed by atoms with Crippen molar-refractivity contribution in [2.45, 2.75) is 214 Å². The molecule has 0 spiro atoms. The molecule has 11 rings (SSSR count). The molecule has 9 nitrogen and oxygen atoms in total. The average Bonchev–Trinajstić information content (AvgIpc) is 2.72. The third kappa shape index (κ3) is 21.2. The predicted molar refractivity (Wildman–Crippen MR) is 375 cm³/mol. The summed E-state index contributed by atoms with van der Waals surface area (Å²) in [7, 11) is 18.1. The Morgan fingerprint density at radius 3 is 1.00 bits per heavy atom. The molecule has 0 N–H and O–H groups in total. The van der Waals surface area contributed by atoms with E-state index >= 15 is 0 Å². The molecule has 0 atom stereocenters. The molecule has 9 aromatic rings. The first-order valence-corrected chi connectivity index (χ1v) is 32.5. The van der Waals surface area contributed by atoms with Gasteiger partial charge in [-0.05, 0) is 255 Å². The van der Waals surface area contributed by atoms with E-state index in [4.69, 9.17) is 0 Å². The minimum atomic E-state index is -0.162. The fraction of sp³-hybridized carbons (Fsp3) is 0.532. The van der Waals surface area contributed by atoms with Gasteiger partial charge in [0.15, 0.2) is 5.95 Å². The largest absolute Gasteiger partial charge is 0.354 e. The second-order valence-corrected chi connectivity index (χ2v) is 26.2. The number of rotatable bonds is 4. The van der Waals surface area contributed by atoms with Gasteiger partial charge in [0.1, 0.15) is 11.6 Å². The van der Waals surface area contributed by atoms with Crippen LogP contribution in [0.15, 0.2) is 79.1 Å². The van der Waals surface area contributed by atoms with Gasteiger partial charge in [0, 0.05) is 150 Å². The van der Waals surface area contributed by atoms with Gasteiger partial charge in [0.2, 0.25) is 0 Å². The van der Waals surface area contributed by atoms with Crippen molar-refractivity contribution in [1.29, 1.82) is 0 Å². The first-order chi connectivity index (χ1) is 41.5. The highest BCUT2D eigenvalue weighted by Crippen LogP contribution is 2.37. The Bertz CT molecular complexity index is 3310. The summed E-state index contributed by atoms with van der Waals surface area (Å²) in [6.07, 6.45) is 15.1. The Morgan fingerprint density at radius 2 is 0.775 bits per heavy atom. The molecule has 0 aliphatic heterocycles. The van der Waals surface area contributed by atoms with Crippen molar-refractivity contribution < 1.29 is 13.2 Å². The molecule has 2 saturated carbocycles. The Labute approximate surface area is 538 Å². The van der Waals surface area contributed by atoms with Gasteiger partial charge in [-0.2, -0.15) is 4.39 Å². The highest BCUT2D eigenvalue weighted by atomic mass is 19.1. The maximum atomic E-state index is 12.6. The number of hydrogen-bond donors (Lipinski definition) is 0. The lowest BCUT2D eigenvalue weighted by molar-refractivity contribution is 0.530. The van der Waals surface area contributed by atoms with Gasteiger partial charge < -0.3 is 41.1 Å². The summed E-state index contributed by atoms with van der Waals surface area (Å²) in [6.45, 7) is 41.9. The van der Waals surface area contributed by atoms with Gasteiger partial charge in [-0.3, -0.25) is 0 Å². The molecule has 2 aliphatic carbocycles. The van der Waals surface area contributed by atoms with E-state index in [2.05, 4.69) is 228 Å². The highest BCUT2D eigenvalue weighted by molar-refractivity contribution is 5.31. The molecule has 0 radical (unpaired) electrons. The van der Waals surface area contributed by atoms with Crippen LogP contribution in [0.1, 0.15) is 216 Å². The van der Waals surface area contributed by atoms with Crippen molar-refractivity contribution in [2.24, 2.45) is 63.4 Å². The van der Waals surface area contributed by atoms with Crippen molar-refractivity contribution in [2.75, 3.05) is 0 Å². The fourth-order valence-electron chi connectivity index (χ4n) is 11.5. The van der Waals surface area contributed by atoms with Crippen LogP contribution in [0, 0.1) is 128 Å². The summed E-state index contributed by atoms with van der Waals surface area (Å²) in [4.78, 5) is 0. The van der Waals surface area contributed by atoms with E-state index < -0.39 is 0 Å². The van der Waals surface area contributed by atoms with E-state index in [-0.39, 0.29) is 17.6 Å². The minimum absolute atomic E-state index is 0.116. The molecule has 2 aliphatic rings. The predicted octanol–water partition coefficient (Wildman–Crippen LogP) is 20.1. The lowest BCUT2D eigenvalue weighted by atomic mass is 9.98. The van der Waals surface area contributed by atoms with Gasteiger partial charge in [0.05, 0.1) is 11.4 Å². The summed E-state index contributed by atoms with van der Waals surface area (Å²) >= 11 is 0. The van der Waals surface area contributed by atoms with Gasteiger partial charge >= 0.3 is 0 Å². The standard InChI is InChI=1S/C12H19N.C11H17N.C10H17N.C9H15N.C8H13N.2C7H10FN.C7H11N.C6H8FN/c1-9-8-12(10(2)13(9)3)11-6-4-5-7-11;1-9-7-8-11(12(9)2)10-5-3-4-6-10;1-7(2)10-6-8(3)11(5)9(10)4;1-7(2)9-6-5-8(3)10(9)4;1-6-5-7(2)9(4)8(6)3;1-5-4-7(8)6(2)9(5)3;1-5-4-7(8)9(3)6(5)2;1-6-4-5-8(3)7(6)2;1-5-6(7)3-4-8(5)2/h8,11H,4-7H2,1-3H3;7-8,10H,3-6H2,1-2H3;6-7H,1-5H3;5-7H,1-4H3;5H,1-4H3;2*4H,1-3H3;4-5H,1-3H3;3-4H,1-2H3. The monoisotopic (exact) mass is 1230 g/mol. The van der Waals surface area contributed by atoms with Crippen LogP contribution in [0.2, 0.25) is 0 Å². The molecule has 12 heteroatoms. The Balaban J connectivity index is 0.000000263. The number of aryl methyl sites for hydroxylation is 11. The molecule has 9 aromatic heterocycles. The summed E-state index contributed by atoms with van der Waals surface area (Å²) < 4.78 is 56.0. The van der Waals surface area contributed by atoms with Crippen LogP contribution in [0.5, 0.6) is 0 Å². The quantitative estimate of drug-likeness (QED) is 0.169. The molecule has 2 fully saturated rings. The van der Waals surface area contributed by atoms with Crippen molar-refractivity contribution in [3.63, 3.8) is 0 Å². The molecular weight excluding hydrogens is 1110 g/mol. The molecule has 0 saturated heterocycles. The van der Waals surface area contributed by atoms with Crippen LogP contribution in [0.4, 0.5) is 13.2 Å². The molecule has 89 heavy (non-hydrogen) atoms. The van der Waals surface area contributed by atoms with E-state index in [1.54, 1.807) is 42.9 Å². The molecule has 0 aromatic carbocycles. The third-order valence-electron chi connectivity index (χ3n) is 19.7. The van der Waals surface area contributed by atoms with Gasteiger partial charge in [0.25, 0.3) is 0 Å². The van der Waals surface area contributed by atoms with Crippen LogP contribution >= 0.6 is 0 Å². The highest BCUT2D eigenvalue weighted by Gasteiger charge is 2.21. The maximum absolute atomic E-state index is 12.6. The van der Waals surface area contributed by atoms with Gasteiger partial charge in [-0.15, -0.1) is 0 Å². The zero-order chi connectivity index (χ0) is 67.6. The number of hydrogen-bond acceptors (Lipinski definition) is 0. The second kappa shape index (κ2) is 35.1.